The summed E-state index contributed by atoms with van der Waals surface area (Å²) in [7, 11) is 0. The number of carbonyl (C=O) groups excluding carboxylic acids is 1. The van der Waals surface area contributed by atoms with Gasteiger partial charge >= 0.3 is 5.97 Å². The molecule has 1 amide bonds. The summed E-state index contributed by atoms with van der Waals surface area (Å²) in [6, 6.07) is 6.09. The molecule has 0 saturated carbocycles. The number of rotatable bonds is 4. The van der Waals surface area contributed by atoms with Gasteiger partial charge in [0.05, 0.1) is 5.92 Å². The molecule has 1 fully saturated rings. The molecule has 1 aliphatic rings. The number of nitrogens with zero attached hydrogens (tertiary/aromatic N) is 1. The largest absolute Gasteiger partial charge is 0.481 e. The van der Waals surface area contributed by atoms with E-state index in [-0.39, 0.29) is 17.6 Å². The van der Waals surface area contributed by atoms with Crippen LogP contribution in [0.5, 0.6) is 0 Å². The minimum atomic E-state index is -0.835. The Morgan fingerprint density at radius 2 is 1.95 bits per heavy atom. The van der Waals surface area contributed by atoms with Crippen molar-refractivity contribution in [2.45, 2.75) is 26.2 Å². The van der Waals surface area contributed by atoms with Crippen LogP contribution in [0.1, 0.15) is 25.3 Å². The summed E-state index contributed by atoms with van der Waals surface area (Å²) in [6.45, 7) is 2.88. The zero-order valence-corrected chi connectivity index (χ0v) is 12.1. The van der Waals surface area contributed by atoms with Crippen molar-refractivity contribution in [2.75, 3.05) is 13.1 Å². The lowest BCUT2D eigenvalue weighted by atomic mass is 9.90. The number of hydrogen-bond donors (Lipinski definition) is 1. The Morgan fingerprint density at radius 1 is 1.29 bits per heavy atom. The van der Waals surface area contributed by atoms with Gasteiger partial charge < -0.3 is 10.0 Å². The molecule has 2 atom stereocenters. The number of hydrogen-bond acceptors (Lipinski definition) is 2. The van der Waals surface area contributed by atoms with Crippen molar-refractivity contribution in [1.82, 2.24) is 4.90 Å². The molecule has 1 aromatic rings. The summed E-state index contributed by atoms with van der Waals surface area (Å²) in [4.78, 5) is 25.0. The summed E-state index contributed by atoms with van der Waals surface area (Å²) >= 11 is 0. The fourth-order valence-electron chi connectivity index (χ4n) is 2.79. The Labute approximate surface area is 123 Å². The standard InChI is InChI=1S/C16H20FNO3/c1-11-8-13(16(20)21)10-18(9-11)15(19)7-4-12-2-5-14(17)6-3-12/h2-3,5-6,11,13H,4,7-10H2,1H3,(H,20,21). The molecule has 1 N–H and O–H groups in total. The summed E-state index contributed by atoms with van der Waals surface area (Å²) in [5, 5.41) is 9.12. The monoisotopic (exact) mass is 293 g/mol. The maximum atomic E-state index is 12.8. The first-order valence-electron chi connectivity index (χ1n) is 7.20. The molecule has 0 spiro atoms. The number of halogens is 1. The Balaban J connectivity index is 1.90. The third kappa shape index (κ3) is 4.28. The highest BCUT2D eigenvalue weighted by Crippen LogP contribution is 2.22. The fourth-order valence-corrected chi connectivity index (χ4v) is 2.79. The van der Waals surface area contributed by atoms with Crippen molar-refractivity contribution in [3.63, 3.8) is 0 Å². The zero-order chi connectivity index (χ0) is 15.4. The highest BCUT2D eigenvalue weighted by molar-refractivity contribution is 5.78. The van der Waals surface area contributed by atoms with Crippen molar-refractivity contribution in [3.8, 4) is 0 Å². The lowest BCUT2D eigenvalue weighted by molar-refractivity contribution is -0.146. The van der Waals surface area contributed by atoms with Crippen molar-refractivity contribution >= 4 is 11.9 Å². The maximum absolute atomic E-state index is 12.8. The van der Waals surface area contributed by atoms with Crippen LogP contribution in [0, 0.1) is 17.7 Å². The molecule has 2 unspecified atom stereocenters. The first-order valence-corrected chi connectivity index (χ1v) is 7.20. The number of aryl methyl sites for hydroxylation is 1. The molecule has 0 radical (unpaired) electrons. The molecule has 1 aliphatic heterocycles. The fraction of sp³-hybridized carbons (Fsp3) is 0.500. The number of benzene rings is 1. The number of aliphatic carboxylic acids is 1. The van der Waals surface area contributed by atoms with Crippen LogP contribution in [0.4, 0.5) is 4.39 Å². The highest BCUT2D eigenvalue weighted by Gasteiger charge is 2.31. The summed E-state index contributed by atoms with van der Waals surface area (Å²) in [5.74, 6) is -1.42. The summed E-state index contributed by atoms with van der Waals surface area (Å²) in [6.07, 6.45) is 1.49. The van der Waals surface area contributed by atoms with Crippen LogP contribution in [-0.4, -0.2) is 35.0 Å². The lowest BCUT2D eigenvalue weighted by Gasteiger charge is -2.34. The van der Waals surface area contributed by atoms with Crippen molar-refractivity contribution in [1.29, 1.82) is 0 Å². The van der Waals surface area contributed by atoms with E-state index in [9.17, 15) is 14.0 Å². The lowest BCUT2D eigenvalue weighted by Crippen LogP contribution is -2.45. The van der Waals surface area contributed by atoms with E-state index in [4.69, 9.17) is 5.11 Å². The number of carboxylic acid groups (broad SMARTS) is 1. The molecule has 21 heavy (non-hydrogen) atoms. The van der Waals surface area contributed by atoms with Gasteiger partial charge in [-0.25, -0.2) is 4.39 Å². The van der Waals surface area contributed by atoms with Crippen LogP contribution in [-0.2, 0) is 16.0 Å². The van der Waals surface area contributed by atoms with Crippen LogP contribution >= 0.6 is 0 Å². The number of piperidine rings is 1. The van der Waals surface area contributed by atoms with E-state index < -0.39 is 11.9 Å². The Bertz CT molecular complexity index is 515. The molecule has 1 heterocycles. The molecule has 114 valence electrons. The number of carbonyl (C=O) groups is 2. The Morgan fingerprint density at radius 3 is 2.57 bits per heavy atom. The molecule has 0 aliphatic carbocycles. The van der Waals surface area contributed by atoms with E-state index in [2.05, 4.69) is 0 Å². The van der Waals surface area contributed by atoms with Crippen molar-refractivity contribution in [2.24, 2.45) is 11.8 Å². The van der Waals surface area contributed by atoms with Crippen LogP contribution in [0.2, 0.25) is 0 Å². The van der Waals surface area contributed by atoms with E-state index in [1.54, 1.807) is 17.0 Å². The van der Waals surface area contributed by atoms with Crippen molar-refractivity contribution in [3.05, 3.63) is 35.6 Å². The van der Waals surface area contributed by atoms with Crippen LogP contribution in [0.3, 0.4) is 0 Å². The molecule has 0 bridgehead atoms. The van der Waals surface area contributed by atoms with Gasteiger partial charge in [0.2, 0.25) is 5.91 Å². The molecule has 4 nitrogen and oxygen atoms in total. The van der Waals surface area contributed by atoms with Gasteiger partial charge in [0.15, 0.2) is 0 Å². The zero-order valence-electron chi connectivity index (χ0n) is 12.1. The predicted molar refractivity (Wildman–Crippen MR) is 76.2 cm³/mol. The van der Waals surface area contributed by atoms with E-state index in [0.29, 0.717) is 32.4 Å². The van der Waals surface area contributed by atoms with E-state index in [1.807, 2.05) is 6.92 Å². The average molecular weight is 293 g/mol. The number of likely N-dealkylation sites (tertiary alicyclic amines) is 1. The van der Waals surface area contributed by atoms with Crippen molar-refractivity contribution < 1.29 is 19.1 Å². The summed E-state index contributed by atoms with van der Waals surface area (Å²) in [5.41, 5.74) is 0.907. The van der Waals surface area contributed by atoms with Gasteiger partial charge in [0.25, 0.3) is 0 Å². The molecular weight excluding hydrogens is 273 g/mol. The van der Waals surface area contributed by atoms with Gasteiger partial charge in [-0.05, 0) is 36.5 Å². The number of amides is 1. The van der Waals surface area contributed by atoms with E-state index >= 15 is 0 Å². The van der Waals surface area contributed by atoms with Crippen LogP contribution in [0.25, 0.3) is 0 Å². The smallest absolute Gasteiger partial charge is 0.308 e. The Kier molecular flexibility index (Phi) is 4.94. The maximum Gasteiger partial charge on any atom is 0.308 e. The van der Waals surface area contributed by atoms with Gasteiger partial charge in [-0.15, -0.1) is 0 Å². The minimum Gasteiger partial charge on any atom is -0.481 e. The van der Waals surface area contributed by atoms with Gasteiger partial charge in [-0.1, -0.05) is 19.1 Å². The molecule has 0 aromatic heterocycles. The first kappa shape index (κ1) is 15.5. The molecular formula is C16H20FNO3. The third-order valence-electron chi connectivity index (χ3n) is 3.90. The first-order chi connectivity index (χ1) is 9.95. The minimum absolute atomic E-state index is 0.0304. The second kappa shape index (κ2) is 6.70. The van der Waals surface area contributed by atoms with Gasteiger partial charge in [0, 0.05) is 19.5 Å². The van der Waals surface area contributed by atoms with E-state index in [0.717, 1.165) is 5.56 Å². The topological polar surface area (TPSA) is 57.6 Å². The molecule has 1 saturated heterocycles. The Hall–Kier alpha value is -1.91. The van der Waals surface area contributed by atoms with Gasteiger partial charge in [-0.2, -0.15) is 0 Å². The average Bonchev–Trinajstić information content (AvgIpc) is 2.45. The predicted octanol–water partition coefficient (Wildman–Crippen LogP) is 2.33. The van der Waals surface area contributed by atoms with E-state index in [1.165, 1.54) is 12.1 Å². The number of carboxylic acids is 1. The second-order valence-corrected chi connectivity index (χ2v) is 5.80. The second-order valence-electron chi connectivity index (χ2n) is 5.80. The molecule has 5 heteroatoms. The molecule has 1 aromatic carbocycles. The molecule has 2 rings (SSSR count). The summed E-state index contributed by atoms with van der Waals surface area (Å²) < 4.78 is 12.8. The van der Waals surface area contributed by atoms with Gasteiger partial charge in [-0.3, -0.25) is 9.59 Å². The van der Waals surface area contributed by atoms with Crippen LogP contribution in [0.15, 0.2) is 24.3 Å². The normalized spacial score (nSPS) is 22.1. The highest BCUT2D eigenvalue weighted by atomic mass is 19.1. The van der Waals surface area contributed by atoms with Gasteiger partial charge in [0.1, 0.15) is 5.82 Å². The van der Waals surface area contributed by atoms with Crippen LogP contribution < -0.4 is 0 Å². The third-order valence-corrected chi connectivity index (χ3v) is 3.90. The SMILES string of the molecule is CC1CC(C(=O)O)CN(C(=O)CCc2ccc(F)cc2)C1. The quantitative estimate of drug-likeness (QED) is 0.927.